The molecule has 2 aromatic rings. The number of rotatable bonds is 2. The molecule has 9 nitrogen and oxygen atoms in total. The molecule has 0 radical (unpaired) electrons. The van der Waals surface area contributed by atoms with Crippen LogP contribution in [-0.2, 0) is 21.4 Å². The zero-order chi connectivity index (χ0) is 22.5. The zero-order valence-electron chi connectivity index (χ0n) is 18.1. The highest BCUT2D eigenvalue weighted by Crippen LogP contribution is 2.30. The molecule has 0 aliphatic carbocycles. The van der Waals surface area contributed by atoms with Crippen molar-refractivity contribution in [3.05, 3.63) is 40.3 Å². The highest BCUT2D eigenvalue weighted by atomic mass is 16.6. The van der Waals surface area contributed by atoms with E-state index in [0.29, 0.717) is 24.1 Å². The van der Waals surface area contributed by atoms with Crippen LogP contribution in [0.1, 0.15) is 45.2 Å². The molecule has 1 saturated heterocycles. The van der Waals surface area contributed by atoms with Crippen LogP contribution in [0.15, 0.2) is 29.1 Å². The van der Waals surface area contributed by atoms with Crippen LogP contribution >= 0.6 is 0 Å². The van der Waals surface area contributed by atoms with Crippen molar-refractivity contribution < 1.29 is 19.1 Å². The van der Waals surface area contributed by atoms with Gasteiger partial charge in [-0.2, -0.15) is 0 Å². The first-order valence-corrected chi connectivity index (χ1v) is 10.3. The molecule has 3 heterocycles. The Balaban J connectivity index is 1.70. The largest absolute Gasteiger partial charge is 0.444 e. The number of hydrogen-bond acceptors (Lipinski definition) is 5. The number of ether oxygens (including phenoxy) is 1. The third-order valence-corrected chi connectivity index (χ3v) is 5.54. The molecule has 0 spiro atoms. The van der Waals surface area contributed by atoms with E-state index in [9.17, 15) is 19.2 Å². The smallest absolute Gasteiger partial charge is 0.410 e. The Morgan fingerprint density at radius 2 is 1.94 bits per heavy atom. The van der Waals surface area contributed by atoms with E-state index in [1.165, 1.54) is 9.13 Å². The van der Waals surface area contributed by atoms with Crippen molar-refractivity contribution in [1.29, 1.82) is 0 Å². The van der Waals surface area contributed by atoms with E-state index in [0.717, 1.165) is 11.1 Å². The van der Waals surface area contributed by atoms with Crippen molar-refractivity contribution in [2.75, 3.05) is 13.1 Å². The standard InChI is InChI=1S/C22H26N4O5/c1-22(2,3)31-21(30)25-11-10-13(12-25)14-6-5-7-15-18(14)24(4)20(29)26(15)16-8-9-17(27)23-19(16)28/h5-7,10,16H,8-9,11-12H2,1-4H3,(H,23,27,28). The van der Waals surface area contributed by atoms with Crippen LogP contribution < -0.4 is 11.0 Å². The van der Waals surface area contributed by atoms with E-state index < -0.39 is 17.6 Å². The fourth-order valence-corrected chi connectivity index (χ4v) is 4.14. The summed E-state index contributed by atoms with van der Waals surface area (Å²) in [4.78, 5) is 51.1. The van der Waals surface area contributed by atoms with Crippen LogP contribution in [0.3, 0.4) is 0 Å². The summed E-state index contributed by atoms with van der Waals surface area (Å²) in [5.41, 5.74) is 2.15. The minimum atomic E-state index is -0.736. The van der Waals surface area contributed by atoms with Gasteiger partial charge in [0, 0.05) is 32.1 Å². The van der Waals surface area contributed by atoms with Gasteiger partial charge in [-0.05, 0) is 38.8 Å². The summed E-state index contributed by atoms with van der Waals surface area (Å²) in [5.74, 6) is -0.791. The third kappa shape index (κ3) is 3.75. The number of aryl methyl sites for hydroxylation is 1. The predicted molar refractivity (Wildman–Crippen MR) is 114 cm³/mol. The highest BCUT2D eigenvalue weighted by Gasteiger charge is 2.32. The van der Waals surface area contributed by atoms with Crippen molar-refractivity contribution in [1.82, 2.24) is 19.4 Å². The number of carbonyl (C=O) groups is 3. The van der Waals surface area contributed by atoms with Crippen molar-refractivity contribution in [3.8, 4) is 0 Å². The Kier molecular flexibility index (Phi) is 4.99. The summed E-state index contributed by atoms with van der Waals surface area (Å²) in [6.45, 7) is 6.25. The molecule has 2 aliphatic heterocycles. The van der Waals surface area contributed by atoms with Gasteiger partial charge in [0.05, 0.1) is 11.0 Å². The Morgan fingerprint density at radius 1 is 1.19 bits per heavy atom. The minimum Gasteiger partial charge on any atom is -0.444 e. The summed E-state index contributed by atoms with van der Waals surface area (Å²) in [7, 11) is 1.66. The molecular weight excluding hydrogens is 400 g/mol. The molecule has 1 fully saturated rings. The number of nitrogens with zero attached hydrogens (tertiary/aromatic N) is 3. The van der Waals surface area contributed by atoms with Gasteiger partial charge in [0.25, 0.3) is 0 Å². The monoisotopic (exact) mass is 426 g/mol. The van der Waals surface area contributed by atoms with E-state index in [1.807, 2.05) is 39.0 Å². The molecule has 31 heavy (non-hydrogen) atoms. The van der Waals surface area contributed by atoms with E-state index >= 15 is 0 Å². The Bertz CT molecular complexity index is 1180. The van der Waals surface area contributed by atoms with Gasteiger partial charge in [-0.3, -0.25) is 24.0 Å². The molecule has 1 aromatic heterocycles. The van der Waals surface area contributed by atoms with Crippen molar-refractivity contribution in [3.63, 3.8) is 0 Å². The normalized spacial score (nSPS) is 19.5. The Hall–Kier alpha value is -3.36. The van der Waals surface area contributed by atoms with Crippen molar-refractivity contribution in [2.24, 2.45) is 7.05 Å². The summed E-state index contributed by atoms with van der Waals surface area (Å²) in [5, 5.41) is 2.32. The molecule has 1 unspecified atom stereocenters. The number of fused-ring (bicyclic) bond motifs is 1. The van der Waals surface area contributed by atoms with Gasteiger partial charge < -0.3 is 9.64 Å². The first-order valence-electron chi connectivity index (χ1n) is 10.3. The summed E-state index contributed by atoms with van der Waals surface area (Å²) in [6, 6.07) is 4.79. The predicted octanol–water partition coefficient (Wildman–Crippen LogP) is 1.95. The summed E-state index contributed by atoms with van der Waals surface area (Å²) in [6.07, 6.45) is 2.03. The number of imide groups is 1. The second-order valence-corrected chi connectivity index (χ2v) is 8.94. The zero-order valence-corrected chi connectivity index (χ0v) is 18.1. The number of carbonyl (C=O) groups excluding carboxylic acids is 3. The van der Waals surface area contributed by atoms with E-state index in [1.54, 1.807) is 18.0 Å². The third-order valence-electron chi connectivity index (χ3n) is 5.54. The lowest BCUT2D eigenvalue weighted by Crippen LogP contribution is -2.44. The molecular formula is C22H26N4O5. The lowest BCUT2D eigenvalue weighted by molar-refractivity contribution is -0.135. The van der Waals surface area contributed by atoms with Crippen molar-refractivity contribution in [2.45, 2.75) is 45.3 Å². The van der Waals surface area contributed by atoms with Gasteiger partial charge in [0.2, 0.25) is 11.8 Å². The highest BCUT2D eigenvalue weighted by molar-refractivity contribution is 6.00. The average molecular weight is 426 g/mol. The number of nitrogens with one attached hydrogen (secondary N) is 1. The molecule has 1 atom stereocenters. The fourth-order valence-electron chi connectivity index (χ4n) is 4.14. The second-order valence-electron chi connectivity index (χ2n) is 8.94. The molecule has 1 N–H and O–H groups in total. The molecule has 164 valence electrons. The van der Waals surface area contributed by atoms with Crippen LogP contribution in [0.4, 0.5) is 4.79 Å². The number of piperidine rings is 1. The van der Waals surface area contributed by atoms with Crippen LogP contribution in [-0.4, -0.2) is 50.6 Å². The van der Waals surface area contributed by atoms with Crippen LogP contribution in [0.25, 0.3) is 16.6 Å². The number of imidazole rings is 1. The van der Waals surface area contributed by atoms with E-state index in [4.69, 9.17) is 4.74 Å². The van der Waals surface area contributed by atoms with Gasteiger partial charge in [-0.1, -0.05) is 18.2 Å². The van der Waals surface area contributed by atoms with E-state index in [2.05, 4.69) is 5.32 Å². The van der Waals surface area contributed by atoms with Gasteiger partial charge in [-0.15, -0.1) is 0 Å². The van der Waals surface area contributed by atoms with Gasteiger partial charge in [-0.25, -0.2) is 9.59 Å². The molecule has 0 saturated carbocycles. The fraction of sp³-hybridized carbons (Fsp3) is 0.455. The molecule has 4 rings (SSSR count). The first kappa shape index (κ1) is 20.9. The maximum atomic E-state index is 13.1. The number of benzene rings is 1. The molecule has 9 heteroatoms. The lowest BCUT2D eigenvalue weighted by atomic mass is 10.0. The number of aromatic nitrogens is 2. The number of amides is 3. The maximum absolute atomic E-state index is 13.1. The Morgan fingerprint density at radius 3 is 2.61 bits per heavy atom. The summed E-state index contributed by atoms with van der Waals surface area (Å²) >= 11 is 0. The molecule has 2 aliphatic rings. The Labute approximate surface area is 179 Å². The van der Waals surface area contributed by atoms with Crippen molar-refractivity contribution >= 4 is 34.5 Å². The van der Waals surface area contributed by atoms with Gasteiger partial charge in [0.1, 0.15) is 11.6 Å². The van der Waals surface area contributed by atoms with Gasteiger partial charge >= 0.3 is 11.8 Å². The molecule has 0 bridgehead atoms. The van der Waals surface area contributed by atoms with Crippen LogP contribution in [0.2, 0.25) is 0 Å². The van der Waals surface area contributed by atoms with E-state index in [-0.39, 0.29) is 30.5 Å². The lowest BCUT2D eigenvalue weighted by Gasteiger charge is -2.24. The average Bonchev–Trinajstić information content (AvgIpc) is 3.26. The minimum absolute atomic E-state index is 0.189. The molecule has 1 aromatic carbocycles. The number of para-hydroxylation sites is 1. The molecule has 3 amide bonds. The quantitative estimate of drug-likeness (QED) is 0.740. The second kappa shape index (κ2) is 7.40. The first-order chi connectivity index (χ1) is 14.6. The van der Waals surface area contributed by atoms with Crippen LogP contribution in [0.5, 0.6) is 0 Å². The van der Waals surface area contributed by atoms with Crippen LogP contribution in [0, 0.1) is 0 Å². The number of hydrogen-bond donors (Lipinski definition) is 1. The maximum Gasteiger partial charge on any atom is 0.410 e. The summed E-state index contributed by atoms with van der Waals surface area (Å²) < 4.78 is 8.44. The topological polar surface area (TPSA) is 103 Å². The SMILES string of the molecule is Cn1c(=O)n(C2CCC(=O)NC2=O)c2cccc(C3=CCN(C(=O)OC(C)(C)C)C3)c21. The van der Waals surface area contributed by atoms with Gasteiger partial charge in [0.15, 0.2) is 0 Å².